The van der Waals surface area contributed by atoms with Crippen LogP contribution in [0.1, 0.15) is 111 Å². The number of rotatable bonds is 15. The van der Waals surface area contributed by atoms with Crippen molar-refractivity contribution in [3.8, 4) is 0 Å². The smallest absolute Gasteiger partial charge is 0.00682 e. The summed E-state index contributed by atoms with van der Waals surface area (Å²) in [4.78, 5) is 0. The van der Waals surface area contributed by atoms with Gasteiger partial charge in [0.25, 0.3) is 0 Å². The average Bonchev–Trinajstić information content (AvgIpc) is 3.25. The number of hydrogen-bond donors (Lipinski definition) is 1. The van der Waals surface area contributed by atoms with Crippen molar-refractivity contribution in [3.05, 3.63) is 0 Å². The molecule has 0 atom stereocenters. The molecule has 0 amide bonds. The quantitative estimate of drug-likeness (QED) is 0.342. The first-order chi connectivity index (χ1) is 10.1. The molecule has 0 unspecified atom stereocenters. The van der Waals surface area contributed by atoms with Gasteiger partial charge in [-0.25, -0.2) is 0 Å². The normalized spacial score (nSPS) is 15.6. The molecule has 1 aliphatic carbocycles. The van der Waals surface area contributed by atoms with Crippen LogP contribution in [0.25, 0.3) is 0 Å². The van der Waals surface area contributed by atoms with Crippen molar-refractivity contribution in [2.45, 2.75) is 117 Å². The fourth-order valence-corrected chi connectivity index (χ4v) is 3.12. The zero-order valence-electron chi connectivity index (χ0n) is 15.2. The molecule has 1 N–H and O–H groups in total. The first-order valence-corrected chi connectivity index (χ1v) is 9.87. The highest BCUT2D eigenvalue weighted by Crippen LogP contribution is 2.28. The summed E-state index contributed by atoms with van der Waals surface area (Å²) >= 11 is 0. The van der Waals surface area contributed by atoms with Gasteiger partial charge in [0, 0.05) is 6.04 Å². The van der Waals surface area contributed by atoms with E-state index in [0.29, 0.717) is 5.41 Å². The molecule has 0 radical (unpaired) electrons. The number of unbranched alkanes of at least 4 members (excludes halogenated alkanes) is 9. The van der Waals surface area contributed by atoms with Crippen LogP contribution in [0, 0.1) is 5.41 Å². The van der Waals surface area contributed by atoms with Crippen molar-refractivity contribution in [3.63, 3.8) is 0 Å². The van der Waals surface area contributed by atoms with Gasteiger partial charge in [-0.3, -0.25) is 0 Å². The number of nitrogens with one attached hydrogen (secondary N) is 1. The standard InChI is InChI=1S/C20H41N/c1-4-5-6-7-8-9-10-11-12-13-16-20(2,3)17-18-21-19-14-15-19/h19,21H,4-18H2,1-3H3. The van der Waals surface area contributed by atoms with Gasteiger partial charge in [-0.15, -0.1) is 0 Å². The second-order valence-electron chi connectivity index (χ2n) is 8.07. The van der Waals surface area contributed by atoms with Gasteiger partial charge < -0.3 is 5.32 Å². The fraction of sp³-hybridized carbons (Fsp3) is 1.00. The molecule has 0 saturated heterocycles. The second kappa shape index (κ2) is 11.5. The lowest BCUT2D eigenvalue weighted by atomic mass is 9.83. The summed E-state index contributed by atoms with van der Waals surface area (Å²) in [6, 6.07) is 0.873. The van der Waals surface area contributed by atoms with Crippen molar-refractivity contribution in [2.24, 2.45) is 5.41 Å². The Morgan fingerprint density at radius 1 is 0.762 bits per heavy atom. The van der Waals surface area contributed by atoms with E-state index in [-0.39, 0.29) is 0 Å². The molecule has 1 heteroatoms. The Labute approximate surface area is 134 Å². The fourth-order valence-electron chi connectivity index (χ4n) is 3.12. The van der Waals surface area contributed by atoms with Crippen LogP contribution in [0.2, 0.25) is 0 Å². The van der Waals surface area contributed by atoms with Gasteiger partial charge in [-0.05, 0) is 37.6 Å². The molecule has 0 bridgehead atoms. The molecule has 0 aromatic carbocycles. The highest BCUT2D eigenvalue weighted by molar-refractivity contribution is 4.81. The molecule has 0 aliphatic heterocycles. The van der Waals surface area contributed by atoms with Gasteiger partial charge in [0.2, 0.25) is 0 Å². The third-order valence-corrected chi connectivity index (χ3v) is 5.02. The average molecular weight is 296 g/mol. The summed E-state index contributed by atoms with van der Waals surface area (Å²) in [5.74, 6) is 0. The Balaban J connectivity index is 1.81. The predicted molar refractivity (Wildman–Crippen MR) is 95.9 cm³/mol. The molecule has 1 saturated carbocycles. The highest BCUT2D eigenvalue weighted by atomic mass is 14.9. The number of hydrogen-bond acceptors (Lipinski definition) is 1. The monoisotopic (exact) mass is 295 g/mol. The molecule has 21 heavy (non-hydrogen) atoms. The Hall–Kier alpha value is -0.0400. The second-order valence-corrected chi connectivity index (χ2v) is 8.07. The lowest BCUT2D eigenvalue weighted by Crippen LogP contribution is -2.23. The minimum Gasteiger partial charge on any atom is -0.314 e. The van der Waals surface area contributed by atoms with Crippen molar-refractivity contribution < 1.29 is 0 Å². The zero-order valence-corrected chi connectivity index (χ0v) is 15.2. The Kier molecular flexibility index (Phi) is 10.4. The van der Waals surface area contributed by atoms with Gasteiger partial charge in [-0.1, -0.05) is 85.0 Å². The van der Waals surface area contributed by atoms with E-state index in [1.807, 2.05) is 0 Å². The third kappa shape index (κ3) is 12.2. The van der Waals surface area contributed by atoms with E-state index in [1.165, 1.54) is 96.4 Å². The molecule has 0 aromatic heterocycles. The van der Waals surface area contributed by atoms with Crippen molar-refractivity contribution in [2.75, 3.05) is 6.54 Å². The third-order valence-electron chi connectivity index (χ3n) is 5.02. The van der Waals surface area contributed by atoms with E-state index in [4.69, 9.17) is 0 Å². The minimum absolute atomic E-state index is 0.544. The van der Waals surface area contributed by atoms with E-state index >= 15 is 0 Å². The van der Waals surface area contributed by atoms with Crippen LogP contribution < -0.4 is 5.32 Å². The summed E-state index contributed by atoms with van der Waals surface area (Å²) in [6.45, 7) is 8.43. The predicted octanol–water partition coefficient (Wildman–Crippen LogP) is 6.47. The van der Waals surface area contributed by atoms with Crippen LogP contribution >= 0.6 is 0 Å². The van der Waals surface area contributed by atoms with Crippen molar-refractivity contribution in [1.82, 2.24) is 5.32 Å². The summed E-state index contributed by atoms with van der Waals surface area (Å²) < 4.78 is 0. The largest absolute Gasteiger partial charge is 0.314 e. The first kappa shape index (κ1) is 19.0. The van der Waals surface area contributed by atoms with Gasteiger partial charge in [-0.2, -0.15) is 0 Å². The minimum atomic E-state index is 0.544. The molecule has 1 rings (SSSR count). The van der Waals surface area contributed by atoms with Crippen LogP contribution in [-0.2, 0) is 0 Å². The van der Waals surface area contributed by atoms with E-state index in [9.17, 15) is 0 Å². The highest BCUT2D eigenvalue weighted by Gasteiger charge is 2.22. The van der Waals surface area contributed by atoms with Gasteiger partial charge in [0.15, 0.2) is 0 Å². The van der Waals surface area contributed by atoms with E-state index in [0.717, 1.165) is 6.04 Å². The Morgan fingerprint density at radius 3 is 1.81 bits per heavy atom. The van der Waals surface area contributed by atoms with Gasteiger partial charge in [0.05, 0.1) is 0 Å². The molecular formula is C20H41N. The summed E-state index contributed by atoms with van der Waals surface area (Å²) in [5, 5.41) is 3.65. The molecular weight excluding hydrogens is 254 g/mol. The van der Waals surface area contributed by atoms with Crippen LogP contribution in [0.3, 0.4) is 0 Å². The maximum atomic E-state index is 3.65. The zero-order chi connectivity index (χ0) is 15.4. The van der Waals surface area contributed by atoms with Crippen molar-refractivity contribution in [1.29, 1.82) is 0 Å². The first-order valence-electron chi connectivity index (χ1n) is 9.87. The molecule has 0 heterocycles. The van der Waals surface area contributed by atoms with Crippen LogP contribution in [0.5, 0.6) is 0 Å². The SMILES string of the molecule is CCCCCCCCCCCCC(C)(C)CCNC1CC1. The molecule has 0 aromatic rings. The van der Waals surface area contributed by atoms with Crippen molar-refractivity contribution >= 4 is 0 Å². The molecule has 1 fully saturated rings. The lowest BCUT2D eigenvalue weighted by molar-refractivity contribution is 0.289. The van der Waals surface area contributed by atoms with E-state index in [1.54, 1.807) is 0 Å². The van der Waals surface area contributed by atoms with Crippen LogP contribution in [-0.4, -0.2) is 12.6 Å². The topological polar surface area (TPSA) is 12.0 Å². The maximum absolute atomic E-state index is 3.65. The molecule has 126 valence electrons. The van der Waals surface area contributed by atoms with E-state index in [2.05, 4.69) is 26.1 Å². The molecule has 1 nitrogen and oxygen atoms in total. The summed E-state index contributed by atoms with van der Waals surface area (Å²) in [7, 11) is 0. The summed E-state index contributed by atoms with van der Waals surface area (Å²) in [6.07, 6.45) is 20.1. The summed E-state index contributed by atoms with van der Waals surface area (Å²) in [5.41, 5.74) is 0.544. The lowest BCUT2D eigenvalue weighted by Gasteiger charge is -2.24. The molecule has 1 aliphatic rings. The van der Waals surface area contributed by atoms with Gasteiger partial charge >= 0.3 is 0 Å². The molecule has 0 spiro atoms. The Morgan fingerprint density at radius 2 is 1.29 bits per heavy atom. The maximum Gasteiger partial charge on any atom is 0.00682 e. The van der Waals surface area contributed by atoms with Gasteiger partial charge in [0.1, 0.15) is 0 Å². The van der Waals surface area contributed by atoms with Crippen LogP contribution in [0.4, 0.5) is 0 Å². The Bertz CT molecular complexity index is 230. The van der Waals surface area contributed by atoms with Crippen LogP contribution in [0.15, 0.2) is 0 Å². The van der Waals surface area contributed by atoms with E-state index < -0.39 is 0 Å².